The number of nitrogens with zero attached hydrogens (tertiary/aromatic N) is 7. The summed E-state index contributed by atoms with van der Waals surface area (Å²) in [6, 6.07) is 97.5. The fourth-order valence-electron chi connectivity index (χ4n) is 14.8. The van der Waals surface area contributed by atoms with Crippen molar-refractivity contribution in [2.24, 2.45) is 0 Å². The maximum absolute atomic E-state index is 17.5. The third-order valence-corrected chi connectivity index (χ3v) is 25.3. The summed E-state index contributed by atoms with van der Waals surface area (Å²) in [5.41, 5.74) is 8.81. The smallest absolute Gasteiger partial charge is 0.173 e. The number of pyridine rings is 5. The van der Waals surface area contributed by atoms with Crippen molar-refractivity contribution in [2.75, 3.05) is 0 Å². The Labute approximate surface area is 537 Å². The van der Waals surface area contributed by atoms with Crippen LogP contribution in [0.1, 0.15) is 0 Å². The van der Waals surface area contributed by atoms with E-state index in [-0.39, 0.29) is 0 Å². The van der Waals surface area contributed by atoms with Gasteiger partial charge in [0.2, 0.25) is 0 Å². The van der Waals surface area contributed by atoms with Gasteiger partial charge >= 0.3 is 0 Å². The number of rotatable bonds is 6. The minimum Gasteiger partial charge on any atom is -0.309 e. The first-order valence-electron chi connectivity index (χ1n) is 31.4. The van der Waals surface area contributed by atoms with Crippen LogP contribution < -0.4 is 31.8 Å². The van der Waals surface area contributed by atoms with Gasteiger partial charge in [-0.25, -0.2) is 15.0 Å². The van der Waals surface area contributed by atoms with Crippen molar-refractivity contribution in [3.8, 4) is 0 Å². The molecular formula is C83H51N7O2P2. The Bertz CT molecular complexity index is 6670. The lowest BCUT2D eigenvalue weighted by Crippen LogP contribution is -2.27. The predicted octanol–water partition coefficient (Wildman–Crippen LogP) is 18.0. The van der Waals surface area contributed by atoms with Crippen LogP contribution in [0.15, 0.2) is 310 Å². The molecule has 0 aliphatic carbocycles. The van der Waals surface area contributed by atoms with Gasteiger partial charge in [-0.05, 0) is 139 Å². The topological polar surface area (TPSA) is 107 Å². The molecule has 0 aliphatic rings. The molecule has 0 saturated carbocycles. The van der Waals surface area contributed by atoms with Gasteiger partial charge < -0.3 is 9.13 Å². The first-order chi connectivity index (χ1) is 46.4. The SMILES string of the molecule is O=P(c1ccc2c(ccc3ccccc32)c1)(c1ccc2ccc3ccccc3c2c1)c1c2ccccc2nc2c3ccccc3n3c4ccccc4nc3c12.O=P(c1ccccc1)(c1ccncc1)c1cccc2c1nc1c3cc4cnccc4cc3c3ccccc3n21. The summed E-state index contributed by atoms with van der Waals surface area (Å²) in [7, 11) is -7.00. The summed E-state index contributed by atoms with van der Waals surface area (Å²) in [6.45, 7) is 0. The maximum Gasteiger partial charge on any atom is 0.173 e. The van der Waals surface area contributed by atoms with Gasteiger partial charge in [-0.2, -0.15) is 0 Å². The first-order valence-corrected chi connectivity index (χ1v) is 34.8. The molecule has 0 aliphatic heterocycles. The molecule has 0 fully saturated rings. The zero-order chi connectivity index (χ0) is 62.2. The highest BCUT2D eigenvalue weighted by Gasteiger charge is 2.37. The quantitative estimate of drug-likeness (QED) is 0.0927. The average molecular weight is 1240 g/mol. The molecule has 2 unspecified atom stereocenters. The molecule has 0 saturated heterocycles. The van der Waals surface area contributed by atoms with Crippen molar-refractivity contribution in [3.05, 3.63) is 310 Å². The van der Waals surface area contributed by atoms with E-state index < -0.39 is 14.3 Å². The second-order valence-corrected chi connectivity index (χ2v) is 29.6. The molecule has 0 N–H and O–H groups in total. The Morgan fingerprint density at radius 3 is 1.62 bits per heavy atom. The molecule has 0 radical (unpaired) electrons. The molecule has 0 bridgehead atoms. The predicted molar refractivity (Wildman–Crippen MR) is 393 cm³/mol. The molecule has 0 amide bonds. The molecule has 9 nitrogen and oxygen atoms in total. The zero-order valence-corrected chi connectivity index (χ0v) is 52.1. The second kappa shape index (κ2) is 20.9. The lowest BCUT2D eigenvalue weighted by molar-refractivity contribution is 0.592. The normalized spacial score (nSPS) is 13.4. The van der Waals surface area contributed by atoms with Crippen LogP contribution in [-0.4, -0.2) is 33.7 Å². The van der Waals surface area contributed by atoms with Gasteiger partial charge in [0.1, 0.15) is 16.8 Å². The summed E-state index contributed by atoms with van der Waals surface area (Å²) in [6.07, 6.45) is 7.12. The minimum absolute atomic E-state index is 0.723. The van der Waals surface area contributed by atoms with Crippen molar-refractivity contribution in [1.82, 2.24) is 33.7 Å². The lowest BCUT2D eigenvalue weighted by Gasteiger charge is -2.25. The highest BCUT2D eigenvalue weighted by molar-refractivity contribution is 7.86. The number of imidazole rings is 2. The Hall–Kier alpha value is -11.7. The van der Waals surface area contributed by atoms with Gasteiger partial charge in [0.05, 0.1) is 44.0 Å². The highest BCUT2D eigenvalue weighted by atomic mass is 31.2. The van der Waals surface area contributed by atoms with Crippen LogP contribution in [0.25, 0.3) is 142 Å². The van der Waals surface area contributed by atoms with Crippen LogP contribution in [0.2, 0.25) is 0 Å². The Balaban J connectivity index is 0.000000142. The van der Waals surface area contributed by atoms with E-state index in [0.29, 0.717) is 0 Å². The lowest BCUT2D eigenvalue weighted by atomic mass is 10.0. The van der Waals surface area contributed by atoms with Gasteiger partial charge in [-0.15, -0.1) is 0 Å². The van der Waals surface area contributed by atoms with Gasteiger partial charge in [-0.1, -0.05) is 200 Å². The number of benzene rings is 13. The van der Waals surface area contributed by atoms with E-state index in [0.717, 1.165) is 163 Å². The molecule has 20 aromatic rings. The van der Waals surface area contributed by atoms with E-state index in [9.17, 15) is 0 Å². The van der Waals surface area contributed by atoms with E-state index in [1.807, 2.05) is 97.3 Å². The summed E-state index contributed by atoms with van der Waals surface area (Å²) in [4.78, 5) is 24.5. The zero-order valence-electron chi connectivity index (χ0n) is 50.3. The largest absolute Gasteiger partial charge is 0.309 e. The molecule has 0 spiro atoms. The number of hydrogen-bond acceptors (Lipinski definition) is 7. The van der Waals surface area contributed by atoms with Crippen LogP contribution in [0.3, 0.4) is 0 Å². The van der Waals surface area contributed by atoms with Crippen molar-refractivity contribution in [2.45, 2.75) is 0 Å². The van der Waals surface area contributed by atoms with Crippen molar-refractivity contribution < 1.29 is 9.13 Å². The molecule has 13 aromatic carbocycles. The molecule has 7 heterocycles. The molecule has 94 heavy (non-hydrogen) atoms. The second-order valence-electron chi connectivity index (χ2n) is 24.2. The van der Waals surface area contributed by atoms with E-state index in [1.54, 1.807) is 12.4 Å². The standard InChI is InChI=1S/C50H30N3OP.C33H21N4OP/c54-55(35-27-28-39-34(29-35)24-23-31-11-1-3-13-37(31)39,36-26-25-33-22-21-32-12-2-4-14-38(32)42(33)30-36)49-40-15-5-7-17-43(40)51-48-41-16-6-9-19-45(41)53-46-20-10-8-18-44(46)52-50(53)47(48)49;38-39(24-7-2-1-3-8-24,25-14-17-34-18-15-25)31-12-6-11-30-32(31)36-33-28-20-23-21-35-16-13-22(23)19-27(28)26-9-4-5-10-29(26)37(30)33/h1-30H;1-21H. The Kier molecular flexibility index (Phi) is 12.0. The summed E-state index contributed by atoms with van der Waals surface area (Å²) < 4.78 is 37.2. The highest BCUT2D eigenvalue weighted by Crippen LogP contribution is 2.50. The third kappa shape index (κ3) is 7.99. The van der Waals surface area contributed by atoms with Crippen molar-refractivity contribution in [3.63, 3.8) is 0 Å². The molecule has 2 atom stereocenters. The van der Waals surface area contributed by atoms with Gasteiger partial charge in [0, 0.05) is 83.5 Å². The van der Waals surface area contributed by atoms with Gasteiger partial charge in [-0.3, -0.25) is 18.8 Å². The monoisotopic (exact) mass is 1240 g/mol. The number of aromatic nitrogens is 7. The average Bonchev–Trinajstić information content (AvgIpc) is 1.34. The van der Waals surface area contributed by atoms with Crippen molar-refractivity contribution in [1.29, 1.82) is 0 Å². The summed E-state index contributed by atoms with van der Waals surface area (Å²) in [5.74, 6) is 0. The molecular weight excluding hydrogens is 1190 g/mol. The third-order valence-electron chi connectivity index (χ3n) is 19.2. The molecule has 440 valence electrons. The number of fused-ring (bicyclic) bond motifs is 24. The van der Waals surface area contributed by atoms with Crippen LogP contribution >= 0.6 is 14.3 Å². The van der Waals surface area contributed by atoms with Crippen LogP contribution in [-0.2, 0) is 9.13 Å². The fourth-order valence-corrected chi connectivity index (χ4v) is 20.7. The van der Waals surface area contributed by atoms with Crippen LogP contribution in [0.4, 0.5) is 0 Å². The van der Waals surface area contributed by atoms with Crippen molar-refractivity contribution >= 4 is 188 Å². The Morgan fingerprint density at radius 2 is 0.830 bits per heavy atom. The molecule has 7 aromatic heterocycles. The fraction of sp³-hybridized carbons (Fsp3) is 0. The first kappa shape index (κ1) is 54.0. The van der Waals surface area contributed by atoms with E-state index in [2.05, 4.69) is 219 Å². The number of para-hydroxylation sites is 6. The summed E-state index contributed by atoms with van der Waals surface area (Å²) >= 11 is 0. The van der Waals surface area contributed by atoms with Crippen LogP contribution in [0.5, 0.6) is 0 Å². The van der Waals surface area contributed by atoms with Gasteiger partial charge in [0.15, 0.2) is 14.3 Å². The van der Waals surface area contributed by atoms with E-state index in [1.165, 1.54) is 10.8 Å². The van der Waals surface area contributed by atoms with Gasteiger partial charge in [0.25, 0.3) is 0 Å². The van der Waals surface area contributed by atoms with E-state index >= 15 is 9.13 Å². The molecule has 20 rings (SSSR count). The summed E-state index contributed by atoms with van der Waals surface area (Å²) in [5, 5.41) is 21.7. The number of hydrogen-bond donors (Lipinski definition) is 0. The van der Waals surface area contributed by atoms with Crippen LogP contribution in [0, 0.1) is 0 Å². The van der Waals surface area contributed by atoms with E-state index in [4.69, 9.17) is 15.0 Å². The maximum atomic E-state index is 17.5. The Morgan fingerprint density at radius 1 is 0.277 bits per heavy atom. The minimum atomic E-state index is -3.73. The molecule has 11 heteroatoms.